The molecule has 0 aliphatic heterocycles. The van der Waals surface area contributed by atoms with E-state index in [1.54, 1.807) is 0 Å². The Labute approximate surface area is 127 Å². The van der Waals surface area contributed by atoms with Gasteiger partial charge in [0.15, 0.2) is 5.78 Å². The number of fused-ring (bicyclic) bond motifs is 1. The van der Waals surface area contributed by atoms with Gasteiger partial charge in [-0.3, -0.25) is 4.79 Å². The summed E-state index contributed by atoms with van der Waals surface area (Å²) in [6.45, 7) is 2.91. The maximum absolute atomic E-state index is 12.5. The highest BCUT2D eigenvalue weighted by molar-refractivity contribution is 6.08. The Kier molecular flexibility index (Phi) is 5.94. The van der Waals surface area contributed by atoms with Crippen molar-refractivity contribution in [2.75, 3.05) is 6.54 Å². The Morgan fingerprint density at radius 2 is 1.81 bits per heavy atom. The molecule has 0 aromatic heterocycles. The van der Waals surface area contributed by atoms with Crippen LogP contribution in [0.5, 0.6) is 0 Å². The Morgan fingerprint density at radius 3 is 2.57 bits per heavy atom. The van der Waals surface area contributed by atoms with E-state index in [0.29, 0.717) is 18.9 Å². The van der Waals surface area contributed by atoms with Crippen LogP contribution in [0.4, 0.5) is 0 Å². The molecule has 2 aromatic carbocycles. The number of rotatable bonds is 8. The molecule has 0 aliphatic rings. The van der Waals surface area contributed by atoms with E-state index in [2.05, 4.69) is 19.1 Å². The van der Waals surface area contributed by atoms with Crippen molar-refractivity contribution in [3.63, 3.8) is 0 Å². The average molecular weight is 283 g/mol. The lowest BCUT2D eigenvalue weighted by Gasteiger charge is -2.14. The van der Waals surface area contributed by atoms with E-state index in [4.69, 9.17) is 5.73 Å². The fraction of sp³-hybridized carbons (Fsp3) is 0.421. The molecule has 2 rings (SSSR count). The fourth-order valence-electron chi connectivity index (χ4n) is 3.02. The standard InChI is InChI=1S/C19H25NO/c1-2-6-15(13-14-20)11-12-19(21)18-10-5-8-16-7-3-4-9-17(16)18/h3-5,7-10,15H,2,6,11-14,20H2,1H3. The number of hydrogen-bond donors (Lipinski definition) is 1. The smallest absolute Gasteiger partial charge is 0.163 e. The number of Topliss-reactive ketones (excluding diaryl/α,β-unsaturated/α-hetero) is 1. The second kappa shape index (κ2) is 7.94. The molecule has 21 heavy (non-hydrogen) atoms. The molecule has 2 N–H and O–H groups in total. The molecular weight excluding hydrogens is 258 g/mol. The van der Waals surface area contributed by atoms with Crippen LogP contribution in [0.1, 0.15) is 49.4 Å². The summed E-state index contributed by atoms with van der Waals surface area (Å²) in [5.74, 6) is 0.837. The molecule has 0 amide bonds. The minimum atomic E-state index is 0.255. The largest absolute Gasteiger partial charge is 0.330 e. The van der Waals surface area contributed by atoms with Gasteiger partial charge in [-0.15, -0.1) is 0 Å². The fourth-order valence-corrected chi connectivity index (χ4v) is 3.02. The lowest BCUT2D eigenvalue weighted by Crippen LogP contribution is -2.11. The number of benzene rings is 2. The van der Waals surface area contributed by atoms with E-state index < -0.39 is 0 Å². The van der Waals surface area contributed by atoms with Crippen LogP contribution < -0.4 is 5.73 Å². The van der Waals surface area contributed by atoms with Crippen molar-refractivity contribution in [1.29, 1.82) is 0 Å². The first-order valence-corrected chi connectivity index (χ1v) is 7.97. The molecule has 0 saturated carbocycles. The topological polar surface area (TPSA) is 43.1 Å². The molecule has 2 nitrogen and oxygen atoms in total. The van der Waals surface area contributed by atoms with Gasteiger partial charge in [-0.25, -0.2) is 0 Å². The average Bonchev–Trinajstić information content (AvgIpc) is 2.52. The molecule has 0 heterocycles. The Morgan fingerprint density at radius 1 is 1.05 bits per heavy atom. The molecule has 2 heteroatoms. The monoisotopic (exact) mass is 283 g/mol. The summed E-state index contributed by atoms with van der Waals surface area (Å²) in [6, 6.07) is 14.1. The maximum atomic E-state index is 12.5. The molecule has 0 aliphatic carbocycles. The van der Waals surface area contributed by atoms with E-state index in [0.717, 1.165) is 35.6 Å². The zero-order valence-corrected chi connectivity index (χ0v) is 12.8. The van der Waals surface area contributed by atoms with E-state index in [1.165, 1.54) is 6.42 Å². The molecule has 1 atom stereocenters. The van der Waals surface area contributed by atoms with Gasteiger partial charge in [-0.2, -0.15) is 0 Å². The summed E-state index contributed by atoms with van der Waals surface area (Å²) in [5, 5.41) is 2.20. The van der Waals surface area contributed by atoms with Gasteiger partial charge in [-0.1, -0.05) is 62.2 Å². The van der Waals surface area contributed by atoms with Gasteiger partial charge in [-0.05, 0) is 36.1 Å². The number of carbonyl (C=O) groups is 1. The molecule has 112 valence electrons. The highest BCUT2D eigenvalue weighted by atomic mass is 16.1. The number of carbonyl (C=O) groups excluding carboxylic acids is 1. The summed E-state index contributed by atoms with van der Waals surface area (Å²) < 4.78 is 0. The van der Waals surface area contributed by atoms with Gasteiger partial charge >= 0.3 is 0 Å². The predicted octanol–water partition coefficient (Wildman–Crippen LogP) is 4.57. The summed E-state index contributed by atoms with van der Waals surface area (Å²) in [7, 11) is 0. The lowest BCUT2D eigenvalue weighted by atomic mass is 9.91. The Bertz CT molecular complexity index is 580. The second-order valence-electron chi connectivity index (χ2n) is 5.72. The SMILES string of the molecule is CCCC(CCN)CCC(=O)c1cccc2ccccc12. The van der Waals surface area contributed by atoms with Crippen LogP contribution in [-0.2, 0) is 0 Å². The van der Waals surface area contributed by atoms with Crippen molar-refractivity contribution in [1.82, 2.24) is 0 Å². The van der Waals surface area contributed by atoms with Crippen LogP contribution in [0.3, 0.4) is 0 Å². The van der Waals surface area contributed by atoms with Gasteiger partial charge < -0.3 is 5.73 Å². The van der Waals surface area contributed by atoms with Crippen molar-refractivity contribution in [3.8, 4) is 0 Å². The first-order valence-electron chi connectivity index (χ1n) is 7.97. The first kappa shape index (κ1) is 15.7. The summed E-state index contributed by atoms with van der Waals surface area (Å²) in [5.41, 5.74) is 6.52. The van der Waals surface area contributed by atoms with E-state index in [9.17, 15) is 4.79 Å². The molecule has 2 aromatic rings. The lowest BCUT2D eigenvalue weighted by molar-refractivity contribution is 0.0974. The second-order valence-corrected chi connectivity index (χ2v) is 5.72. The summed E-state index contributed by atoms with van der Waals surface area (Å²) in [6.07, 6.45) is 4.93. The highest BCUT2D eigenvalue weighted by Crippen LogP contribution is 2.23. The van der Waals surface area contributed by atoms with E-state index in [1.807, 2.05) is 30.3 Å². The summed E-state index contributed by atoms with van der Waals surface area (Å²) >= 11 is 0. The van der Waals surface area contributed by atoms with Gasteiger partial charge in [0.1, 0.15) is 0 Å². The van der Waals surface area contributed by atoms with Gasteiger partial charge in [0.25, 0.3) is 0 Å². The number of hydrogen-bond acceptors (Lipinski definition) is 2. The third-order valence-corrected chi connectivity index (χ3v) is 4.14. The van der Waals surface area contributed by atoms with Crippen molar-refractivity contribution in [2.45, 2.75) is 39.0 Å². The van der Waals surface area contributed by atoms with Crippen molar-refractivity contribution in [2.24, 2.45) is 11.7 Å². The van der Waals surface area contributed by atoms with E-state index in [-0.39, 0.29) is 5.78 Å². The van der Waals surface area contributed by atoms with Gasteiger partial charge in [0.2, 0.25) is 0 Å². The van der Waals surface area contributed by atoms with Gasteiger partial charge in [0.05, 0.1) is 0 Å². The molecule has 0 radical (unpaired) electrons. The van der Waals surface area contributed by atoms with Gasteiger partial charge in [0, 0.05) is 12.0 Å². The number of nitrogens with two attached hydrogens (primary N) is 1. The first-order chi connectivity index (χ1) is 10.3. The van der Waals surface area contributed by atoms with Crippen molar-refractivity contribution < 1.29 is 4.79 Å². The van der Waals surface area contributed by atoms with E-state index >= 15 is 0 Å². The molecule has 0 saturated heterocycles. The highest BCUT2D eigenvalue weighted by Gasteiger charge is 2.13. The third kappa shape index (κ3) is 4.15. The molecular formula is C19H25NO. The van der Waals surface area contributed by atoms with Crippen LogP contribution in [-0.4, -0.2) is 12.3 Å². The molecule has 0 spiro atoms. The zero-order chi connectivity index (χ0) is 15.1. The van der Waals surface area contributed by atoms with Crippen LogP contribution in [0, 0.1) is 5.92 Å². The van der Waals surface area contributed by atoms with Crippen LogP contribution in [0.15, 0.2) is 42.5 Å². The molecule has 0 fully saturated rings. The quantitative estimate of drug-likeness (QED) is 0.721. The Balaban J connectivity index is 2.08. The summed E-state index contributed by atoms with van der Waals surface area (Å²) in [4.78, 5) is 12.5. The van der Waals surface area contributed by atoms with Crippen LogP contribution in [0.2, 0.25) is 0 Å². The van der Waals surface area contributed by atoms with Crippen molar-refractivity contribution >= 4 is 16.6 Å². The third-order valence-electron chi connectivity index (χ3n) is 4.14. The minimum absolute atomic E-state index is 0.255. The number of ketones is 1. The molecule has 0 bridgehead atoms. The Hall–Kier alpha value is -1.67. The van der Waals surface area contributed by atoms with Crippen LogP contribution in [0.25, 0.3) is 10.8 Å². The zero-order valence-electron chi connectivity index (χ0n) is 12.8. The maximum Gasteiger partial charge on any atom is 0.163 e. The molecule has 1 unspecified atom stereocenters. The van der Waals surface area contributed by atoms with Crippen molar-refractivity contribution in [3.05, 3.63) is 48.0 Å². The minimum Gasteiger partial charge on any atom is -0.330 e. The van der Waals surface area contributed by atoms with Crippen LogP contribution >= 0.6 is 0 Å². The predicted molar refractivity (Wildman–Crippen MR) is 89.6 cm³/mol. The normalized spacial score (nSPS) is 12.5.